The summed E-state index contributed by atoms with van der Waals surface area (Å²) >= 11 is 0. The fourth-order valence-corrected chi connectivity index (χ4v) is 3.93. The van der Waals surface area contributed by atoms with Gasteiger partial charge in [0, 0.05) is 100 Å². The van der Waals surface area contributed by atoms with Gasteiger partial charge in [-0.3, -0.25) is 29.9 Å². The molecule has 0 unspecified atom stereocenters. The zero-order chi connectivity index (χ0) is 46.0. The average molecular weight is 1010 g/mol. The Morgan fingerprint density at radius 1 is 0.500 bits per heavy atom. The summed E-state index contributed by atoms with van der Waals surface area (Å²) in [5.41, 5.74) is 16.4. The fraction of sp³-hybridized carbons (Fsp3) is 0.316. The molecule has 0 radical (unpaired) electrons. The van der Waals surface area contributed by atoms with E-state index in [0.29, 0.717) is 48.4 Å². The topological polar surface area (TPSA) is 398 Å². The van der Waals surface area contributed by atoms with Gasteiger partial charge in [0.2, 0.25) is 0 Å². The number of nitrogens with zero attached hydrogens (tertiary/aromatic N) is 6. The predicted octanol–water partition coefficient (Wildman–Crippen LogP) is -5.57. The van der Waals surface area contributed by atoms with E-state index in [0.717, 1.165) is 35.3 Å². The first-order valence-corrected chi connectivity index (χ1v) is 20.0. The first-order chi connectivity index (χ1) is 28.2. The van der Waals surface area contributed by atoms with E-state index in [-0.39, 0.29) is 63.7 Å². The Hall–Kier alpha value is -3.95. The summed E-state index contributed by atoms with van der Waals surface area (Å²) in [5, 5.41) is 40.3. The summed E-state index contributed by atoms with van der Waals surface area (Å²) in [7, 11) is -9.89. The van der Waals surface area contributed by atoms with Crippen LogP contribution in [0.4, 0.5) is 11.4 Å². The number of aliphatic imine (C=N–C) groups is 4. The van der Waals surface area contributed by atoms with E-state index in [1.165, 1.54) is 0 Å². The summed E-state index contributed by atoms with van der Waals surface area (Å²) in [6.07, 6.45) is 14.6. The van der Waals surface area contributed by atoms with Gasteiger partial charge in [-0.25, -0.2) is 37.3 Å². The van der Waals surface area contributed by atoms with Gasteiger partial charge in [-0.1, -0.05) is 35.8 Å². The second kappa shape index (κ2) is 38.7. The van der Waals surface area contributed by atoms with Crippen LogP contribution in [0.15, 0.2) is 93.3 Å². The number of nitrogens with two attached hydrogens (primary N) is 2. The summed E-state index contributed by atoms with van der Waals surface area (Å²) in [6.45, 7) is 10.0. The molecule has 3 heterocycles. The number of anilines is 2. The SMILES string of the molecule is CCO.CCO.Cc1cc2c([O-])c(c1)C=NCCCN=Cc1cc(C)cc(c1[O-])C=NCCCN=C2.Nc1ccncc1.Nc1ccncc1.[O-][Cl+3]([O-])([O-])[O-].[O-][Cl+3]([O-])([O-])[O-].[Zn+2].[Zn+2]. The summed E-state index contributed by atoms with van der Waals surface area (Å²) in [5.74, 6) is -0.120. The van der Waals surface area contributed by atoms with Gasteiger partial charge in [-0.05, 0) is 98.2 Å². The third-order valence-electron chi connectivity index (χ3n) is 6.06. The van der Waals surface area contributed by atoms with Crippen LogP contribution in [0.3, 0.4) is 0 Å². The number of hydrogen-bond donors (Lipinski definition) is 4. The minimum atomic E-state index is -4.94. The Balaban J connectivity index is -0.000000424. The van der Waals surface area contributed by atoms with E-state index in [2.05, 4.69) is 29.9 Å². The molecular formula is C38H50Cl2N8O12Zn2. The first-order valence-electron chi connectivity index (χ1n) is 17.5. The van der Waals surface area contributed by atoms with E-state index in [1.54, 1.807) is 87.8 Å². The third-order valence-corrected chi connectivity index (χ3v) is 6.06. The Morgan fingerprint density at radius 2 is 0.694 bits per heavy atom. The molecule has 0 amide bonds. The van der Waals surface area contributed by atoms with Crippen molar-refractivity contribution in [3.63, 3.8) is 0 Å². The number of nitrogen functional groups attached to an aromatic ring is 2. The molecule has 0 aliphatic carbocycles. The molecule has 6 N–H and O–H groups in total. The molecule has 2 aromatic carbocycles. The zero-order valence-corrected chi connectivity index (χ0v) is 42.3. The normalized spacial score (nSPS) is 11.8. The maximum Gasteiger partial charge on any atom is 2.00 e. The number of aliphatic hydroxyl groups is 2. The number of pyridine rings is 2. The van der Waals surface area contributed by atoms with Crippen LogP contribution in [0, 0.1) is 34.3 Å². The maximum absolute atomic E-state index is 12.6. The molecule has 1 aliphatic heterocycles. The second-order valence-corrected chi connectivity index (χ2v) is 12.9. The van der Waals surface area contributed by atoms with Gasteiger partial charge < -0.3 is 31.9 Å². The third kappa shape index (κ3) is 41.4. The molecule has 0 fully saturated rings. The van der Waals surface area contributed by atoms with Crippen molar-refractivity contribution in [3.8, 4) is 11.5 Å². The Kier molecular flexibility index (Phi) is 40.4. The largest absolute Gasteiger partial charge is 2.00 e. The minimum absolute atomic E-state index is 0. The molecule has 20 nitrogen and oxygen atoms in total. The van der Waals surface area contributed by atoms with Crippen molar-refractivity contribution in [2.45, 2.75) is 40.5 Å². The number of aryl methyl sites for hydroxylation is 2. The van der Waals surface area contributed by atoms with Gasteiger partial charge in [-0.15, -0.1) is 20.5 Å². The van der Waals surface area contributed by atoms with Crippen molar-refractivity contribution in [1.82, 2.24) is 9.97 Å². The number of benzene rings is 2. The fourth-order valence-electron chi connectivity index (χ4n) is 3.93. The summed E-state index contributed by atoms with van der Waals surface area (Å²) < 4.78 is 67.9. The number of fused-ring (bicyclic) bond motifs is 4. The molecule has 0 saturated heterocycles. The summed E-state index contributed by atoms with van der Waals surface area (Å²) in [4.78, 5) is 25.0. The van der Waals surface area contributed by atoms with E-state index < -0.39 is 20.5 Å². The minimum Gasteiger partial charge on any atom is -0.872 e. The predicted molar refractivity (Wildman–Crippen MR) is 203 cm³/mol. The van der Waals surface area contributed by atoms with Gasteiger partial charge in [0.05, 0.1) is 0 Å². The Bertz CT molecular complexity index is 1630. The number of aromatic nitrogens is 2. The van der Waals surface area contributed by atoms with E-state index in [1.807, 2.05) is 38.1 Å². The molecule has 1 aliphatic rings. The van der Waals surface area contributed by atoms with Crippen molar-refractivity contribution in [2.75, 3.05) is 50.9 Å². The van der Waals surface area contributed by atoms with Crippen LogP contribution < -0.4 is 59.0 Å². The maximum atomic E-state index is 12.6. The Labute approximate surface area is 390 Å². The van der Waals surface area contributed by atoms with Crippen LogP contribution in [0.25, 0.3) is 0 Å². The monoisotopic (exact) mass is 1010 g/mol. The van der Waals surface area contributed by atoms with Crippen LogP contribution in [0.2, 0.25) is 0 Å². The molecule has 0 spiro atoms. The van der Waals surface area contributed by atoms with Crippen LogP contribution in [-0.2, 0) is 39.0 Å². The first kappa shape index (κ1) is 64.7. The van der Waals surface area contributed by atoms with E-state index in [4.69, 9.17) is 59.0 Å². The number of hydrogen-bond acceptors (Lipinski definition) is 20. The van der Waals surface area contributed by atoms with Gasteiger partial charge >= 0.3 is 39.0 Å². The smallest absolute Gasteiger partial charge is 0.872 e. The number of halogens is 2. The zero-order valence-electron chi connectivity index (χ0n) is 34.9. The van der Waals surface area contributed by atoms with Crippen LogP contribution in [-0.4, -0.2) is 84.4 Å². The molecule has 0 saturated carbocycles. The Morgan fingerprint density at radius 3 is 0.855 bits per heavy atom. The number of aliphatic hydroxyl groups excluding tert-OH is 2. The molecule has 62 heavy (non-hydrogen) atoms. The van der Waals surface area contributed by atoms with Crippen molar-refractivity contribution in [2.24, 2.45) is 20.0 Å². The molecule has 332 valence electrons. The molecule has 24 heteroatoms. The van der Waals surface area contributed by atoms with Crippen molar-refractivity contribution in [3.05, 3.63) is 107 Å². The molecule has 4 aromatic rings. The van der Waals surface area contributed by atoms with Crippen molar-refractivity contribution >= 4 is 36.2 Å². The number of rotatable bonds is 0. The molecular weight excluding hydrogens is 962 g/mol. The second-order valence-electron chi connectivity index (χ2n) is 11.3. The van der Waals surface area contributed by atoms with Crippen LogP contribution in [0.5, 0.6) is 11.5 Å². The van der Waals surface area contributed by atoms with Crippen LogP contribution >= 0.6 is 0 Å². The van der Waals surface area contributed by atoms with Gasteiger partial charge in [-0.2, -0.15) is 0 Å². The average Bonchev–Trinajstić information content (AvgIpc) is 3.14. The van der Waals surface area contributed by atoms with Gasteiger partial charge in [0.15, 0.2) is 0 Å². The molecule has 2 aromatic heterocycles. The van der Waals surface area contributed by atoms with E-state index >= 15 is 0 Å². The molecule has 5 rings (SSSR count). The van der Waals surface area contributed by atoms with Gasteiger partial charge in [0.25, 0.3) is 0 Å². The summed E-state index contributed by atoms with van der Waals surface area (Å²) in [6, 6.07) is 14.4. The standard InChI is InChI=1S/C24H28N4O2.2C5H6N2.2C2H6O.2ClHO4.2Zn/c1-17-9-19-13-25-5-3-7-27-15-21-11-18(2)12-22(24(21)30)16-28-8-4-6-26-14-20(10-17)23(19)29;2*6-5-1-3-7-4-2-5;2*1-2-3;2*2-1(3,4)5;;/h9-16,29-30H,3-8H2,1-2H3;2*1-4H,(H2,6,7);2*3H,2H2,1H3;2*(H,2,3,4,5);;/q;;;;;;;2*+2/p-4. The van der Waals surface area contributed by atoms with Crippen molar-refractivity contribution in [1.29, 1.82) is 0 Å². The van der Waals surface area contributed by atoms with Crippen molar-refractivity contribution < 1.29 is 117 Å². The molecule has 0 atom stereocenters. The van der Waals surface area contributed by atoms with Crippen LogP contribution in [0.1, 0.15) is 60.1 Å². The van der Waals surface area contributed by atoms with Gasteiger partial charge in [0.1, 0.15) is 0 Å². The van der Waals surface area contributed by atoms with E-state index in [9.17, 15) is 10.2 Å². The quantitative estimate of drug-likeness (QED) is 0.119. The molecule has 4 bridgehead atoms.